The smallest absolute Gasteiger partial charge is 0.216 e. The monoisotopic (exact) mass is 336 g/mol. The van der Waals surface area contributed by atoms with Crippen LogP contribution in [0.2, 0.25) is 0 Å². The Morgan fingerprint density at radius 3 is 2.18 bits per heavy atom. The summed E-state index contributed by atoms with van der Waals surface area (Å²) < 4.78 is 10.6. The van der Waals surface area contributed by atoms with Crippen molar-refractivity contribution in [2.24, 2.45) is 0 Å². The molecule has 1 unspecified atom stereocenters. The zero-order valence-electron chi connectivity index (χ0n) is 12.6. The van der Waals surface area contributed by atoms with Gasteiger partial charge in [-0.3, -0.25) is 9.59 Å². The van der Waals surface area contributed by atoms with Crippen LogP contribution in [0.3, 0.4) is 0 Å². The summed E-state index contributed by atoms with van der Waals surface area (Å²) in [4.78, 5) is 19.3. The van der Waals surface area contributed by atoms with Crippen molar-refractivity contribution < 1.29 is 39.5 Å². The second-order valence-corrected chi connectivity index (χ2v) is 7.29. The third-order valence-corrected chi connectivity index (χ3v) is 5.36. The zero-order valence-corrected chi connectivity index (χ0v) is 13.5. The summed E-state index contributed by atoms with van der Waals surface area (Å²) in [7, 11) is 0. The molecule has 2 saturated heterocycles. The number of Topliss-reactive ketones (excluding diaryl/α,β-unsaturated/α-hetero) is 2. The molecule has 0 amide bonds. The van der Waals surface area contributed by atoms with E-state index in [0.717, 1.165) is 6.92 Å². The van der Waals surface area contributed by atoms with Gasteiger partial charge in [0.1, 0.15) is 6.10 Å². The van der Waals surface area contributed by atoms with Gasteiger partial charge in [-0.2, -0.15) is 0 Å². The van der Waals surface area contributed by atoms with Gasteiger partial charge in [-0.05, 0) is 27.7 Å². The maximum atomic E-state index is 12.0. The van der Waals surface area contributed by atoms with Gasteiger partial charge >= 0.3 is 0 Å². The van der Waals surface area contributed by atoms with Crippen LogP contribution in [0.4, 0.5) is 0 Å². The molecule has 2 aliphatic heterocycles. The minimum atomic E-state index is -2.54. The molecule has 8 nitrogen and oxygen atoms in total. The predicted molar refractivity (Wildman–Crippen MR) is 74.7 cm³/mol. The molecule has 0 spiro atoms. The topological polar surface area (TPSA) is 134 Å². The van der Waals surface area contributed by atoms with Crippen molar-refractivity contribution in [1.82, 2.24) is 0 Å². The van der Waals surface area contributed by atoms with E-state index in [9.17, 15) is 30.0 Å². The molecule has 2 rings (SSSR count). The van der Waals surface area contributed by atoms with Crippen molar-refractivity contribution in [2.75, 3.05) is 0 Å². The van der Waals surface area contributed by atoms with Gasteiger partial charge < -0.3 is 29.9 Å². The Balaban J connectivity index is 2.45. The molecule has 0 aromatic carbocycles. The molecule has 2 fully saturated rings. The summed E-state index contributed by atoms with van der Waals surface area (Å²) in [6.45, 7) is 5.43. The predicted octanol–water partition coefficient (Wildman–Crippen LogP) is -1.47. The average Bonchev–Trinajstić information content (AvgIpc) is 2.97. The second kappa shape index (κ2) is 5.23. The van der Waals surface area contributed by atoms with E-state index in [2.05, 4.69) is 0 Å². The first kappa shape index (κ1) is 17.8. The van der Waals surface area contributed by atoms with Crippen LogP contribution in [-0.4, -0.2) is 72.1 Å². The number of carbonyl (C=O) groups is 2. The number of thioether (sulfide) groups is 1. The lowest BCUT2D eigenvalue weighted by Crippen LogP contribution is -2.71. The van der Waals surface area contributed by atoms with Gasteiger partial charge in [-0.15, -0.1) is 0 Å². The third kappa shape index (κ3) is 2.15. The first-order valence-electron chi connectivity index (χ1n) is 6.83. The Bertz CT molecular complexity index is 508. The number of carbonyl (C=O) groups excluding carboxylic acids is 2. The minimum Gasteiger partial charge on any atom is -0.386 e. The molecule has 0 aromatic heterocycles. The lowest BCUT2D eigenvalue weighted by molar-refractivity contribution is -0.326. The highest BCUT2D eigenvalue weighted by Gasteiger charge is 2.88. The fourth-order valence-electron chi connectivity index (χ4n) is 2.52. The minimum absolute atomic E-state index is 0.427. The third-order valence-electron chi connectivity index (χ3n) is 3.82. The lowest BCUT2D eigenvalue weighted by Gasteiger charge is -2.44. The second-order valence-electron chi connectivity index (χ2n) is 5.88. The van der Waals surface area contributed by atoms with Crippen molar-refractivity contribution in [3.63, 3.8) is 0 Å². The summed E-state index contributed by atoms with van der Waals surface area (Å²) in [5.41, 5.74) is -2.54. The summed E-state index contributed by atoms with van der Waals surface area (Å²) in [6.07, 6.45) is -5.23. The molecule has 2 heterocycles. The maximum Gasteiger partial charge on any atom is 0.216 e. The molecule has 126 valence electrons. The van der Waals surface area contributed by atoms with Gasteiger partial charge in [-0.1, -0.05) is 11.8 Å². The van der Waals surface area contributed by atoms with Gasteiger partial charge in [0.05, 0.1) is 6.10 Å². The molecule has 6 atom stereocenters. The number of ether oxygens (including phenoxy) is 2. The van der Waals surface area contributed by atoms with Crippen molar-refractivity contribution in [1.29, 1.82) is 0 Å². The van der Waals surface area contributed by atoms with Gasteiger partial charge in [0.2, 0.25) is 5.60 Å². The largest absolute Gasteiger partial charge is 0.386 e. The Morgan fingerprint density at radius 1 is 1.23 bits per heavy atom. The van der Waals surface area contributed by atoms with Crippen LogP contribution in [-0.2, 0) is 19.1 Å². The Morgan fingerprint density at radius 2 is 1.77 bits per heavy atom. The number of ketones is 2. The van der Waals surface area contributed by atoms with Crippen molar-refractivity contribution in [3.05, 3.63) is 0 Å². The van der Waals surface area contributed by atoms with E-state index in [0.29, 0.717) is 11.8 Å². The maximum absolute atomic E-state index is 12.0. The molecule has 2 aliphatic rings. The van der Waals surface area contributed by atoms with Crippen LogP contribution >= 0.6 is 11.8 Å². The number of hydrogen-bond donors (Lipinski definition) is 4. The molecular formula is C13H20O8S. The fraction of sp³-hybridized carbons (Fsp3) is 0.846. The summed E-state index contributed by atoms with van der Waals surface area (Å²) in [5, 5.41) is 41.0. The fourth-order valence-corrected chi connectivity index (χ4v) is 3.85. The molecular weight excluding hydrogens is 316 g/mol. The molecule has 0 aliphatic carbocycles. The van der Waals surface area contributed by atoms with Crippen LogP contribution in [0.15, 0.2) is 0 Å². The van der Waals surface area contributed by atoms with Crippen molar-refractivity contribution in [2.45, 2.75) is 67.8 Å². The normalized spacial score (nSPS) is 45.3. The summed E-state index contributed by atoms with van der Waals surface area (Å²) in [5.74, 6) is -1.75. The summed E-state index contributed by atoms with van der Waals surface area (Å²) >= 11 is 0.427. The Kier molecular flexibility index (Phi) is 4.23. The highest BCUT2D eigenvalue weighted by Crippen LogP contribution is 2.71. The first-order chi connectivity index (χ1) is 9.91. The highest BCUT2D eigenvalue weighted by atomic mass is 32.2. The number of rotatable bonds is 5. The van der Waals surface area contributed by atoms with E-state index in [1.807, 2.05) is 0 Å². The van der Waals surface area contributed by atoms with Crippen molar-refractivity contribution >= 4 is 23.3 Å². The van der Waals surface area contributed by atoms with Crippen LogP contribution in [0.1, 0.15) is 27.7 Å². The van der Waals surface area contributed by atoms with Gasteiger partial charge in [0, 0.05) is 0 Å². The Labute approximate surface area is 131 Å². The molecule has 0 radical (unpaired) electrons. The quantitative estimate of drug-likeness (QED) is 0.444. The molecule has 0 aromatic rings. The van der Waals surface area contributed by atoms with Crippen molar-refractivity contribution in [3.8, 4) is 0 Å². The lowest BCUT2D eigenvalue weighted by atomic mass is 9.82. The van der Waals surface area contributed by atoms with Crippen LogP contribution in [0.25, 0.3) is 0 Å². The number of aliphatic hydroxyl groups is 4. The highest BCUT2D eigenvalue weighted by molar-refractivity contribution is 8.09. The molecule has 0 bridgehead atoms. The number of hydrogen-bond acceptors (Lipinski definition) is 9. The molecule has 9 heteroatoms. The van der Waals surface area contributed by atoms with E-state index < -0.39 is 51.6 Å². The van der Waals surface area contributed by atoms with Gasteiger partial charge in [-0.25, -0.2) is 0 Å². The van der Waals surface area contributed by atoms with Gasteiger partial charge in [0.15, 0.2) is 33.8 Å². The number of aliphatic hydroxyl groups excluding tert-OH is 1. The van der Waals surface area contributed by atoms with E-state index in [4.69, 9.17) is 9.47 Å². The summed E-state index contributed by atoms with van der Waals surface area (Å²) in [6, 6.07) is 0. The first-order valence-corrected chi connectivity index (χ1v) is 7.64. The molecule has 22 heavy (non-hydrogen) atoms. The van der Waals surface area contributed by atoms with Gasteiger partial charge in [0.25, 0.3) is 0 Å². The standard InChI is InChI=1S/C13H20O8S/c1-5(2)20-10-11(17,7(4)15)13(19)12(18,22-13)9(21-10)8(16)6(3)14/h5-6,9-10,14,17-19H,1-4H3/t6?,9-,10+,11+,12-,13+/m1/s1. The molecule has 4 N–H and O–H groups in total. The number of fused-ring (bicyclic) bond motifs is 1. The SMILES string of the molecule is CC(=O)[C@]1(O)[C@@H](OC(C)C)O[C@H](C(=O)C(C)O)[C@@]2(O)S[C@]21O. The van der Waals surface area contributed by atoms with E-state index in [1.54, 1.807) is 13.8 Å². The van der Waals surface area contributed by atoms with E-state index in [1.165, 1.54) is 6.92 Å². The molecule has 0 saturated carbocycles. The zero-order chi connectivity index (χ0) is 17.1. The van der Waals surface area contributed by atoms with E-state index >= 15 is 0 Å². The Hall–Kier alpha value is -0.550. The van der Waals surface area contributed by atoms with Crippen LogP contribution < -0.4 is 0 Å². The van der Waals surface area contributed by atoms with Crippen LogP contribution in [0.5, 0.6) is 0 Å². The average molecular weight is 336 g/mol. The van der Waals surface area contributed by atoms with Crippen LogP contribution in [0, 0.1) is 0 Å². The van der Waals surface area contributed by atoms with E-state index in [-0.39, 0.29) is 0 Å².